The second kappa shape index (κ2) is 11.0. The molecule has 0 aliphatic carbocycles. The van der Waals surface area contributed by atoms with E-state index in [9.17, 15) is 20.0 Å². The third-order valence-electron chi connectivity index (χ3n) is 6.11. The molecule has 0 unspecified atom stereocenters. The summed E-state index contributed by atoms with van der Waals surface area (Å²) in [5.41, 5.74) is 0.844. The second-order valence-corrected chi connectivity index (χ2v) is 8.38. The van der Waals surface area contributed by atoms with Gasteiger partial charge >= 0.3 is 5.69 Å². The molecule has 0 spiro atoms. The monoisotopic (exact) mass is 504 g/mol. The number of phenolic OH excluding ortho intramolecular Hbond substituents is 1. The molecule has 11 heteroatoms. The number of likely N-dealkylation sites (N-methyl/N-ethyl adjacent to an activating group) is 1. The van der Waals surface area contributed by atoms with Crippen LogP contribution in [0.4, 0.5) is 17.3 Å². The number of phenols is 1. The summed E-state index contributed by atoms with van der Waals surface area (Å²) < 4.78 is 7.18. The molecule has 2 heterocycles. The normalized spacial score (nSPS) is 11.1. The van der Waals surface area contributed by atoms with Crippen LogP contribution >= 0.6 is 0 Å². The molecule has 4 rings (SSSR count). The average Bonchev–Trinajstić information content (AvgIpc) is 2.90. The summed E-state index contributed by atoms with van der Waals surface area (Å²) in [4.78, 5) is 34.7. The first kappa shape index (κ1) is 25.6. The highest BCUT2D eigenvalue weighted by Crippen LogP contribution is 2.31. The number of aromatic hydroxyl groups is 1. The number of anilines is 2. The smallest absolute Gasteiger partial charge is 0.311 e. The van der Waals surface area contributed by atoms with E-state index in [0.717, 1.165) is 31.1 Å². The van der Waals surface area contributed by atoms with E-state index in [0.29, 0.717) is 29.2 Å². The Bertz CT molecular complexity index is 1480. The molecular weight excluding hydrogens is 476 g/mol. The minimum absolute atomic E-state index is 0.235. The molecule has 2 aromatic heterocycles. The number of nitrogens with one attached hydrogen (secondary N) is 1. The van der Waals surface area contributed by atoms with Gasteiger partial charge in [0.25, 0.3) is 5.56 Å². The number of pyridine rings is 1. The van der Waals surface area contributed by atoms with Crippen LogP contribution in [0.2, 0.25) is 0 Å². The predicted molar refractivity (Wildman–Crippen MR) is 142 cm³/mol. The SMILES string of the molecule is CCN(CC)CCOc1ccc(Nc2ncc3cc(-c4ccc(O)c([N+](=O)[O-])c4)c(=O)n(C)c3n2)cc1. The zero-order valence-corrected chi connectivity index (χ0v) is 20.8. The largest absolute Gasteiger partial charge is 0.502 e. The van der Waals surface area contributed by atoms with Crippen LogP contribution in [0.25, 0.3) is 22.2 Å². The molecule has 0 radical (unpaired) electrons. The van der Waals surface area contributed by atoms with Crippen molar-refractivity contribution in [3.63, 3.8) is 0 Å². The van der Waals surface area contributed by atoms with Crippen molar-refractivity contribution in [3.8, 4) is 22.6 Å². The van der Waals surface area contributed by atoms with Crippen LogP contribution in [0.5, 0.6) is 11.5 Å². The summed E-state index contributed by atoms with van der Waals surface area (Å²) in [6, 6.07) is 12.9. The number of aryl methyl sites for hydroxylation is 1. The lowest BCUT2D eigenvalue weighted by Crippen LogP contribution is -2.27. The first-order chi connectivity index (χ1) is 17.8. The van der Waals surface area contributed by atoms with E-state index in [1.165, 1.54) is 22.8 Å². The van der Waals surface area contributed by atoms with Crippen molar-refractivity contribution in [1.29, 1.82) is 0 Å². The van der Waals surface area contributed by atoms with Crippen molar-refractivity contribution in [2.75, 3.05) is 31.6 Å². The molecule has 4 aromatic rings. The maximum Gasteiger partial charge on any atom is 0.311 e. The number of fused-ring (bicyclic) bond motifs is 1. The maximum atomic E-state index is 13.1. The van der Waals surface area contributed by atoms with E-state index in [1.54, 1.807) is 19.3 Å². The van der Waals surface area contributed by atoms with Gasteiger partial charge in [-0.05, 0) is 61.1 Å². The fraction of sp³-hybridized carbons (Fsp3) is 0.269. The Balaban J connectivity index is 1.54. The fourth-order valence-electron chi connectivity index (χ4n) is 3.95. The average molecular weight is 505 g/mol. The molecule has 37 heavy (non-hydrogen) atoms. The first-order valence-corrected chi connectivity index (χ1v) is 11.9. The molecule has 11 nitrogen and oxygen atoms in total. The molecule has 0 atom stereocenters. The Morgan fingerprint density at radius 3 is 2.54 bits per heavy atom. The minimum Gasteiger partial charge on any atom is -0.502 e. The Morgan fingerprint density at radius 2 is 1.86 bits per heavy atom. The topological polar surface area (TPSA) is 136 Å². The summed E-state index contributed by atoms with van der Waals surface area (Å²) in [7, 11) is 1.57. The summed E-state index contributed by atoms with van der Waals surface area (Å²) >= 11 is 0. The van der Waals surface area contributed by atoms with E-state index >= 15 is 0 Å². The molecular formula is C26H28N6O5. The molecule has 0 fully saturated rings. The highest BCUT2D eigenvalue weighted by molar-refractivity contribution is 5.82. The Morgan fingerprint density at radius 1 is 1.14 bits per heavy atom. The van der Waals surface area contributed by atoms with Crippen molar-refractivity contribution in [2.24, 2.45) is 7.05 Å². The number of aromatic nitrogens is 3. The summed E-state index contributed by atoms with van der Waals surface area (Å²) in [6.45, 7) is 7.69. The van der Waals surface area contributed by atoms with E-state index in [-0.39, 0.29) is 11.1 Å². The number of rotatable bonds is 10. The van der Waals surface area contributed by atoms with Gasteiger partial charge in [0.2, 0.25) is 5.95 Å². The first-order valence-electron chi connectivity index (χ1n) is 11.9. The molecule has 2 N–H and O–H groups in total. The Labute approximate surface area is 213 Å². The van der Waals surface area contributed by atoms with Gasteiger partial charge in [-0.3, -0.25) is 19.5 Å². The van der Waals surface area contributed by atoms with Gasteiger partial charge in [0, 0.05) is 42.5 Å². The van der Waals surface area contributed by atoms with Crippen LogP contribution in [0.1, 0.15) is 13.8 Å². The Hall–Kier alpha value is -4.51. The van der Waals surface area contributed by atoms with Crippen LogP contribution in [-0.4, -0.2) is 55.7 Å². The number of ether oxygens (including phenoxy) is 1. The van der Waals surface area contributed by atoms with Gasteiger partial charge in [0.15, 0.2) is 5.75 Å². The number of hydrogen-bond donors (Lipinski definition) is 2. The van der Waals surface area contributed by atoms with E-state index in [4.69, 9.17) is 4.74 Å². The predicted octanol–water partition coefficient (Wildman–Crippen LogP) is 4.07. The van der Waals surface area contributed by atoms with Crippen LogP contribution < -0.4 is 15.6 Å². The molecule has 2 aromatic carbocycles. The fourth-order valence-corrected chi connectivity index (χ4v) is 3.95. The van der Waals surface area contributed by atoms with Gasteiger partial charge in [-0.25, -0.2) is 4.98 Å². The van der Waals surface area contributed by atoms with Crippen molar-refractivity contribution in [2.45, 2.75) is 13.8 Å². The molecule has 192 valence electrons. The van der Waals surface area contributed by atoms with Gasteiger partial charge < -0.3 is 20.1 Å². The van der Waals surface area contributed by atoms with Crippen LogP contribution in [0.3, 0.4) is 0 Å². The van der Waals surface area contributed by atoms with Gasteiger partial charge in [-0.15, -0.1) is 0 Å². The van der Waals surface area contributed by atoms with Crippen molar-refractivity contribution in [3.05, 3.63) is 75.2 Å². The lowest BCUT2D eigenvalue weighted by atomic mass is 10.1. The third-order valence-corrected chi connectivity index (χ3v) is 6.11. The number of benzene rings is 2. The van der Waals surface area contributed by atoms with Gasteiger partial charge in [0.05, 0.1) is 4.92 Å². The van der Waals surface area contributed by atoms with Gasteiger partial charge in [-0.2, -0.15) is 4.98 Å². The molecule has 0 saturated carbocycles. The molecule has 0 amide bonds. The van der Waals surface area contributed by atoms with Gasteiger partial charge in [0.1, 0.15) is 18.0 Å². The maximum absolute atomic E-state index is 13.1. The molecule has 0 aliphatic heterocycles. The standard InChI is InChI=1S/C26H28N6O5/c1-4-31(5-2)12-13-37-20-9-7-19(8-10-20)28-26-27-16-18-14-21(25(34)30(3)24(18)29-26)17-6-11-23(33)22(15-17)32(35)36/h6-11,14-16,33H,4-5,12-13H2,1-3H3,(H,27,28,29). The van der Waals surface area contributed by atoms with Crippen LogP contribution in [-0.2, 0) is 7.05 Å². The van der Waals surface area contributed by atoms with Gasteiger partial charge in [-0.1, -0.05) is 13.8 Å². The summed E-state index contributed by atoms with van der Waals surface area (Å²) in [6.07, 6.45) is 1.58. The highest BCUT2D eigenvalue weighted by atomic mass is 16.6. The highest BCUT2D eigenvalue weighted by Gasteiger charge is 2.17. The quantitative estimate of drug-likeness (QED) is 0.242. The van der Waals surface area contributed by atoms with E-state index < -0.39 is 16.4 Å². The lowest BCUT2D eigenvalue weighted by molar-refractivity contribution is -0.385. The lowest BCUT2D eigenvalue weighted by Gasteiger charge is -2.18. The number of nitro benzene ring substituents is 1. The number of nitrogens with zero attached hydrogens (tertiary/aromatic N) is 5. The second-order valence-electron chi connectivity index (χ2n) is 8.38. The molecule has 0 saturated heterocycles. The molecule has 0 bridgehead atoms. The summed E-state index contributed by atoms with van der Waals surface area (Å²) in [5.74, 6) is 0.608. The number of nitro groups is 1. The van der Waals surface area contributed by atoms with Crippen LogP contribution in [0, 0.1) is 10.1 Å². The zero-order chi connectivity index (χ0) is 26.5. The molecule has 0 aliphatic rings. The summed E-state index contributed by atoms with van der Waals surface area (Å²) in [5, 5.41) is 24.6. The van der Waals surface area contributed by atoms with Crippen molar-refractivity contribution in [1.82, 2.24) is 19.4 Å². The van der Waals surface area contributed by atoms with E-state index in [1.807, 2.05) is 24.3 Å². The van der Waals surface area contributed by atoms with Crippen molar-refractivity contribution < 1.29 is 14.8 Å². The van der Waals surface area contributed by atoms with Crippen molar-refractivity contribution >= 4 is 28.4 Å². The number of hydrogen-bond acceptors (Lipinski definition) is 9. The minimum atomic E-state index is -0.698. The van der Waals surface area contributed by atoms with E-state index in [2.05, 4.69) is 34.0 Å². The Kier molecular flexibility index (Phi) is 7.63. The van der Waals surface area contributed by atoms with Crippen LogP contribution in [0.15, 0.2) is 59.5 Å². The third kappa shape index (κ3) is 5.67. The zero-order valence-electron chi connectivity index (χ0n) is 20.8.